The number of carbonyl (C=O) groups is 2. The number of hydrogen-bond acceptors (Lipinski definition) is 6. The van der Waals surface area contributed by atoms with Gasteiger partial charge in [-0.15, -0.1) is 0 Å². The van der Waals surface area contributed by atoms with Crippen molar-refractivity contribution in [2.75, 3.05) is 25.3 Å². The van der Waals surface area contributed by atoms with Crippen LogP contribution in [0.25, 0.3) is 10.9 Å². The van der Waals surface area contributed by atoms with Crippen LogP contribution in [0.15, 0.2) is 66.7 Å². The Hall–Kier alpha value is -4.08. The topological polar surface area (TPSA) is 106 Å². The van der Waals surface area contributed by atoms with E-state index in [9.17, 15) is 14.7 Å². The second-order valence-electron chi connectivity index (χ2n) is 8.96. The molecule has 0 aliphatic carbocycles. The first-order valence-electron chi connectivity index (χ1n) is 12.2. The van der Waals surface area contributed by atoms with Crippen molar-refractivity contribution in [3.05, 3.63) is 83.0 Å². The van der Waals surface area contributed by atoms with Gasteiger partial charge in [0.1, 0.15) is 12.6 Å². The molecule has 196 valence electrons. The highest BCUT2D eigenvalue weighted by atomic mass is 35.5. The summed E-state index contributed by atoms with van der Waals surface area (Å²) in [5.74, 6) is 0.526. The SMILES string of the molecule is CN(C(=O)C(Cc1ccccc1)NC(=O)Cn1nc(CCO)c2c(Cl)cccc21)c1ccc2c(c1)OCO2. The molecule has 9 nitrogen and oxygen atoms in total. The van der Waals surface area contributed by atoms with E-state index in [1.54, 1.807) is 42.1 Å². The molecule has 5 rings (SSSR count). The first kappa shape index (κ1) is 25.6. The summed E-state index contributed by atoms with van der Waals surface area (Å²) in [6, 6.07) is 19.3. The van der Waals surface area contributed by atoms with E-state index in [1.807, 2.05) is 36.4 Å². The van der Waals surface area contributed by atoms with Crippen molar-refractivity contribution in [3.63, 3.8) is 0 Å². The van der Waals surface area contributed by atoms with Gasteiger partial charge in [-0.05, 0) is 29.8 Å². The van der Waals surface area contributed by atoms with E-state index in [-0.39, 0.29) is 31.8 Å². The minimum absolute atomic E-state index is 0.0939. The van der Waals surface area contributed by atoms with Gasteiger partial charge >= 0.3 is 0 Å². The Labute approximate surface area is 224 Å². The Kier molecular flexibility index (Phi) is 7.48. The fraction of sp³-hybridized carbons (Fsp3) is 0.250. The Morgan fingerprint density at radius 2 is 1.89 bits per heavy atom. The van der Waals surface area contributed by atoms with E-state index in [0.717, 1.165) is 5.56 Å². The summed E-state index contributed by atoms with van der Waals surface area (Å²) in [7, 11) is 1.66. The van der Waals surface area contributed by atoms with Crippen LogP contribution >= 0.6 is 11.6 Å². The summed E-state index contributed by atoms with van der Waals surface area (Å²) in [5, 5.41) is 18.1. The monoisotopic (exact) mass is 534 g/mol. The molecule has 0 bridgehead atoms. The largest absolute Gasteiger partial charge is 0.454 e. The van der Waals surface area contributed by atoms with Gasteiger partial charge < -0.3 is 24.8 Å². The first-order valence-corrected chi connectivity index (χ1v) is 12.6. The van der Waals surface area contributed by atoms with Crippen molar-refractivity contribution in [3.8, 4) is 11.5 Å². The lowest BCUT2D eigenvalue weighted by Crippen LogP contribution is -2.49. The van der Waals surface area contributed by atoms with E-state index in [2.05, 4.69) is 10.4 Å². The maximum Gasteiger partial charge on any atom is 0.249 e. The summed E-state index contributed by atoms with van der Waals surface area (Å²) < 4.78 is 12.4. The molecule has 1 aliphatic rings. The van der Waals surface area contributed by atoms with Gasteiger partial charge in [-0.25, -0.2) is 0 Å². The fourth-order valence-corrected chi connectivity index (χ4v) is 4.82. The number of benzene rings is 3. The van der Waals surface area contributed by atoms with Crippen LogP contribution in [0.4, 0.5) is 5.69 Å². The van der Waals surface area contributed by atoms with Crippen LogP contribution in [0.2, 0.25) is 5.02 Å². The van der Waals surface area contributed by atoms with Crippen LogP contribution in [0.3, 0.4) is 0 Å². The number of aromatic nitrogens is 2. The van der Waals surface area contributed by atoms with Crippen LogP contribution in [-0.2, 0) is 29.0 Å². The lowest BCUT2D eigenvalue weighted by atomic mass is 10.0. The quantitative estimate of drug-likeness (QED) is 0.341. The Bertz CT molecular complexity index is 1470. The summed E-state index contributed by atoms with van der Waals surface area (Å²) >= 11 is 6.39. The molecule has 0 saturated carbocycles. The van der Waals surface area contributed by atoms with Gasteiger partial charge in [0.15, 0.2) is 11.5 Å². The van der Waals surface area contributed by atoms with Crippen molar-refractivity contribution >= 4 is 40.0 Å². The number of fused-ring (bicyclic) bond motifs is 2. The lowest BCUT2D eigenvalue weighted by molar-refractivity contribution is -0.127. The first-order chi connectivity index (χ1) is 18.4. The molecule has 1 unspecified atom stereocenters. The number of ether oxygens (including phenoxy) is 2. The predicted octanol–water partition coefficient (Wildman–Crippen LogP) is 3.34. The molecular formula is C28H27ClN4O5. The van der Waals surface area contributed by atoms with Gasteiger partial charge in [0.2, 0.25) is 18.6 Å². The number of hydrogen-bond donors (Lipinski definition) is 2. The summed E-state index contributed by atoms with van der Waals surface area (Å²) in [4.78, 5) is 28.4. The normalized spacial score (nSPS) is 12.9. The molecule has 2 amide bonds. The Morgan fingerprint density at radius 1 is 1.11 bits per heavy atom. The van der Waals surface area contributed by atoms with Gasteiger partial charge in [0.05, 0.1) is 16.2 Å². The molecule has 38 heavy (non-hydrogen) atoms. The summed E-state index contributed by atoms with van der Waals surface area (Å²) in [5.41, 5.74) is 2.82. The standard InChI is InChI=1S/C28H27ClN4O5/c1-32(19-10-11-24-25(15-19)38-17-37-24)28(36)22(14-18-6-3-2-4-7-18)30-26(35)16-33-23-9-5-8-20(29)27(23)21(31-33)12-13-34/h2-11,15,22,34H,12-14,16-17H2,1H3,(H,30,35). The number of nitrogens with zero attached hydrogens (tertiary/aromatic N) is 3. The molecule has 2 heterocycles. The number of anilines is 1. The third-order valence-electron chi connectivity index (χ3n) is 6.43. The summed E-state index contributed by atoms with van der Waals surface area (Å²) in [6.07, 6.45) is 0.617. The van der Waals surface area contributed by atoms with E-state index in [0.29, 0.717) is 51.6 Å². The fourth-order valence-electron chi connectivity index (χ4n) is 4.55. The van der Waals surface area contributed by atoms with Crippen LogP contribution < -0.4 is 19.7 Å². The number of nitrogens with one attached hydrogen (secondary N) is 1. The van der Waals surface area contributed by atoms with Gasteiger partial charge in [0, 0.05) is 43.6 Å². The maximum absolute atomic E-state index is 13.7. The van der Waals surface area contributed by atoms with Crippen molar-refractivity contribution in [1.82, 2.24) is 15.1 Å². The molecule has 0 saturated heterocycles. The maximum atomic E-state index is 13.7. The predicted molar refractivity (Wildman–Crippen MR) is 144 cm³/mol. The molecule has 1 aromatic heterocycles. The minimum atomic E-state index is -0.831. The molecule has 10 heteroatoms. The molecule has 1 aliphatic heterocycles. The van der Waals surface area contributed by atoms with Crippen molar-refractivity contribution < 1.29 is 24.2 Å². The number of aliphatic hydroxyl groups excluding tert-OH is 1. The van der Waals surface area contributed by atoms with Crippen LogP contribution in [0.1, 0.15) is 11.3 Å². The molecule has 0 radical (unpaired) electrons. The second-order valence-corrected chi connectivity index (χ2v) is 9.36. The van der Waals surface area contributed by atoms with Crippen LogP contribution in [0, 0.1) is 0 Å². The zero-order chi connectivity index (χ0) is 26.6. The molecule has 1 atom stereocenters. The zero-order valence-corrected chi connectivity index (χ0v) is 21.5. The Morgan fingerprint density at radius 3 is 2.68 bits per heavy atom. The lowest BCUT2D eigenvalue weighted by Gasteiger charge is -2.25. The van der Waals surface area contributed by atoms with E-state index in [1.165, 1.54) is 4.90 Å². The number of rotatable bonds is 9. The number of carbonyl (C=O) groups excluding carboxylic acids is 2. The van der Waals surface area contributed by atoms with Crippen molar-refractivity contribution in [2.45, 2.75) is 25.4 Å². The number of aliphatic hydroxyl groups is 1. The molecule has 3 aromatic carbocycles. The highest BCUT2D eigenvalue weighted by Gasteiger charge is 2.27. The molecular weight excluding hydrogens is 508 g/mol. The molecule has 0 fully saturated rings. The number of halogens is 1. The van der Waals surface area contributed by atoms with Crippen molar-refractivity contribution in [1.29, 1.82) is 0 Å². The van der Waals surface area contributed by atoms with Gasteiger partial charge in [0.25, 0.3) is 0 Å². The van der Waals surface area contributed by atoms with Gasteiger partial charge in [-0.2, -0.15) is 5.10 Å². The summed E-state index contributed by atoms with van der Waals surface area (Å²) in [6.45, 7) is -0.0750. The highest BCUT2D eigenvalue weighted by Crippen LogP contribution is 2.35. The third kappa shape index (κ3) is 5.29. The van der Waals surface area contributed by atoms with Crippen molar-refractivity contribution in [2.24, 2.45) is 0 Å². The van der Waals surface area contributed by atoms with Gasteiger partial charge in [-0.3, -0.25) is 14.3 Å². The highest BCUT2D eigenvalue weighted by molar-refractivity contribution is 6.35. The molecule has 4 aromatic rings. The van der Waals surface area contributed by atoms with E-state index >= 15 is 0 Å². The van der Waals surface area contributed by atoms with Crippen LogP contribution in [-0.4, -0.2) is 53.2 Å². The average molecular weight is 535 g/mol. The Balaban J connectivity index is 1.38. The molecule has 0 spiro atoms. The zero-order valence-electron chi connectivity index (χ0n) is 20.8. The van der Waals surface area contributed by atoms with Crippen LogP contribution in [0.5, 0.6) is 11.5 Å². The second kappa shape index (κ2) is 11.1. The third-order valence-corrected chi connectivity index (χ3v) is 6.75. The number of amides is 2. The number of likely N-dealkylation sites (N-methyl/N-ethyl adjacent to an activating group) is 1. The molecule has 2 N–H and O–H groups in total. The average Bonchev–Trinajstić information content (AvgIpc) is 3.53. The smallest absolute Gasteiger partial charge is 0.249 e. The minimum Gasteiger partial charge on any atom is -0.454 e. The van der Waals surface area contributed by atoms with Gasteiger partial charge in [-0.1, -0.05) is 48.0 Å². The van der Waals surface area contributed by atoms with E-state index < -0.39 is 6.04 Å². The van der Waals surface area contributed by atoms with E-state index in [4.69, 9.17) is 21.1 Å².